The molecule has 0 spiro atoms. The minimum atomic E-state index is -1.01. The smallest absolute Gasteiger partial charge is 0.408 e. The van der Waals surface area contributed by atoms with E-state index in [1.165, 1.54) is 0 Å². The summed E-state index contributed by atoms with van der Waals surface area (Å²) < 4.78 is 4.90. The second-order valence-corrected chi connectivity index (χ2v) is 3.96. The van der Waals surface area contributed by atoms with Crippen LogP contribution in [0.15, 0.2) is 0 Å². The molecule has 0 aliphatic heterocycles. The van der Waals surface area contributed by atoms with Gasteiger partial charge in [0.1, 0.15) is 11.6 Å². The van der Waals surface area contributed by atoms with Gasteiger partial charge in [-0.05, 0) is 20.8 Å². The van der Waals surface area contributed by atoms with Crippen molar-refractivity contribution in [3.63, 3.8) is 0 Å². The molecule has 0 rings (SSSR count). The third-order valence-electron chi connectivity index (χ3n) is 1.33. The zero-order valence-electron chi connectivity index (χ0n) is 9.03. The van der Waals surface area contributed by atoms with Crippen molar-refractivity contribution in [3.8, 4) is 6.07 Å². The third-order valence-corrected chi connectivity index (χ3v) is 1.33. The Balaban J connectivity index is 4.25. The van der Waals surface area contributed by atoms with Crippen LogP contribution in [0.25, 0.3) is 0 Å². The van der Waals surface area contributed by atoms with E-state index in [9.17, 15) is 9.59 Å². The van der Waals surface area contributed by atoms with Crippen molar-refractivity contribution in [2.75, 3.05) is 0 Å². The number of nitrogens with zero attached hydrogens (tertiary/aromatic N) is 1. The fourth-order valence-electron chi connectivity index (χ4n) is 0.764. The molecule has 15 heavy (non-hydrogen) atoms. The van der Waals surface area contributed by atoms with E-state index in [4.69, 9.17) is 15.7 Å². The van der Waals surface area contributed by atoms with Crippen molar-refractivity contribution in [1.29, 1.82) is 5.26 Å². The molecule has 1 atom stereocenters. The highest BCUT2D eigenvalue weighted by Gasteiger charge is 2.22. The molecule has 3 N–H and O–H groups in total. The first-order valence-electron chi connectivity index (χ1n) is 4.42. The molecule has 0 aromatic carbocycles. The maximum absolute atomic E-state index is 11.2. The number of amides is 2. The van der Waals surface area contributed by atoms with Gasteiger partial charge in [0.15, 0.2) is 0 Å². The second kappa shape index (κ2) is 5.20. The van der Waals surface area contributed by atoms with E-state index >= 15 is 0 Å². The third kappa shape index (κ3) is 6.32. The molecule has 0 aliphatic carbocycles. The fraction of sp³-hybridized carbons (Fsp3) is 0.667. The Bertz CT molecular complexity index is 288. The van der Waals surface area contributed by atoms with E-state index in [1.54, 1.807) is 26.8 Å². The standard InChI is InChI=1S/C9H15N3O3/c1-9(2,3)15-8(14)12-6(4-5-10)7(11)13/h6H,4H2,1-3H3,(H2,11,13)(H,12,14)/t6-/m1/s1. The SMILES string of the molecule is CC(C)(C)OC(=O)N[C@H](CC#N)C(N)=O. The summed E-state index contributed by atoms with van der Waals surface area (Å²) in [6.07, 6.45) is -0.935. The Morgan fingerprint density at radius 2 is 2.07 bits per heavy atom. The molecule has 6 heteroatoms. The van der Waals surface area contributed by atoms with Crippen LogP contribution < -0.4 is 11.1 Å². The van der Waals surface area contributed by atoms with E-state index in [2.05, 4.69) is 5.32 Å². The number of carbonyl (C=O) groups excluding carboxylic acids is 2. The van der Waals surface area contributed by atoms with Crippen molar-refractivity contribution < 1.29 is 14.3 Å². The Morgan fingerprint density at radius 1 is 1.53 bits per heavy atom. The largest absolute Gasteiger partial charge is 0.444 e. The number of hydrogen-bond acceptors (Lipinski definition) is 4. The maximum Gasteiger partial charge on any atom is 0.408 e. The molecule has 84 valence electrons. The number of hydrogen-bond donors (Lipinski definition) is 2. The van der Waals surface area contributed by atoms with Crippen LogP contribution in [0, 0.1) is 11.3 Å². The fourth-order valence-corrected chi connectivity index (χ4v) is 0.764. The summed E-state index contributed by atoms with van der Waals surface area (Å²) in [6.45, 7) is 5.07. The molecule has 0 saturated carbocycles. The molecule has 6 nitrogen and oxygen atoms in total. The zero-order valence-corrected chi connectivity index (χ0v) is 9.03. The lowest BCUT2D eigenvalue weighted by molar-refractivity contribution is -0.119. The first-order valence-corrected chi connectivity index (χ1v) is 4.42. The van der Waals surface area contributed by atoms with Gasteiger partial charge in [-0.25, -0.2) is 4.79 Å². The van der Waals surface area contributed by atoms with Gasteiger partial charge >= 0.3 is 6.09 Å². The number of nitrogens with one attached hydrogen (secondary N) is 1. The van der Waals surface area contributed by atoms with E-state index < -0.39 is 23.6 Å². The van der Waals surface area contributed by atoms with Crippen LogP contribution in [-0.2, 0) is 9.53 Å². The van der Waals surface area contributed by atoms with Gasteiger partial charge in [0.25, 0.3) is 0 Å². The van der Waals surface area contributed by atoms with Crippen LogP contribution in [0.1, 0.15) is 27.2 Å². The van der Waals surface area contributed by atoms with E-state index in [0.29, 0.717) is 0 Å². The molecule has 0 radical (unpaired) electrons. The van der Waals surface area contributed by atoms with E-state index in [0.717, 1.165) is 0 Å². The molecular weight excluding hydrogens is 198 g/mol. The van der Waals surface area contributed by atoms with Crippen LogP contribution >= 0.6 is 0 Å². The highest BCUT2D eigenvalue weighted by Crippen LogP contribution is 2.06. The number of ether oxygens (including phenoxy) is 1. The second-order valence-electron chi connectivity index (χ2n) is 3.96. The van der Waals surface area contributed by atoms with Crippen LogP contribution in [0.4, 0.5) is 4.79 Å². The molecule has 0 saturated heterocycles. The minimum Gasteiger partial charge on any atom is -0.444 e. The molecule has 0 heterocycles. The summed E-state index contributed by atoms with van der Waals surface area (Å²) in [5.41, 5.74) is 4.32. The monoisotopic (exact) mass is 213 g/mol. The van der Waals surface area contributed by atoms with Crippen molar-refractivity contribution >= 4 is 12.0 Å². The predicted molar refractivity (Wildman–Crippen MR) is 52.6 cm³/mol. The highest BCUT2D eigenvalue weighted by molar-refractivity contribution is 5.84. The normalized spacial score (nSPS) is 12.4. The van der Waals surface area contributed by atoms with E-state index in [-0.39, 0.29) is 6.42 Å². The summed E-state index contributed by atoms with van der Waals surface area (Å²) >= 11 is 0. The Hall–Kier alpha value is -1.77. The van der Waals surface area contributed by atoms with Crippen molar-refractivity contribution in [2.45, 2.75) is 38.8 Å². The lowest BCUT2D eigenvalue weighted by atomic mass is 10.2. The number of alkyl carbamates (subject to hydrolysis) is 1. The zero-order chi connectivity index (χ0) is 12.1. The number of rotatable bonds is 3. The average molecular weight is 213 g/mol. The Kier molecular flexibility index (Phi) is 4.58. The number of carbonyl (C=O) groups is 2. The summed E-state index contributed by atoms with van der Waals surface area (Å²) in [5, 5.41) is 10.6. The first kappa shape index (κ1) is 13.2. The summed E-state index contributed by atoms with van der Waals surface area (Å²) in [4.78, 5) is 22.0. The quantitative estimate of drug-likeness (QED) is 0.702. The van der Waals surface area contributed by atoms with Gasteiger partial charge in [0.2, 0.25) is 5.91 Å². The summed E-state index contributed by atoms with van der Waals surface area (Å²) in [7, 11) is 0. The lowest BCUT2D eigenvalue weighted by Gasteiger charge is -2.21. The molecule has 0 aromatic rings. The van der Waals surface area contributed by atoms with Crippen molar-refractivity contribution in [1.82, 2.24) is 5.32 Å². The number of nitriles is 1. The van der Waals surface area contributed by atoms with Gasteiger partial charge in [-0.3, -0.25) is 4.79 Å². The Morgan fingerprint density at radius 3 is 2.40 bits per heavy atom. The van der Waals surface area contributed by atoms with Crippen LogP contribution in [0.5, 0.6) is 0 Å². The van der Waals surface area contributed by atoms with Crippen LogP contribution in [0.3, 0.4) is 0 Å². The lowest BCUT2D eigenvalue weighted by Crippen LogP contribution is -2.46. The van der Waals surface area contributed by atoms with Crippen molar-refractivity contribution in [3.05, 3.63) is 0 Å². The van der Waals surface area contributed by atoms with Gasteiger partial charge in [-0.15, -0.1) is 0 Å². The summed E-state index contributed by atoms with van der Waals surface area (Å²) in [5.74, 6) is -0.762. The molecule has 0 aliphatic rings. The predicted octanol–water partition coefficient (Wildman–Crippen LogP) is 0.279. The van der Waals surface area contributed by atoms with Crippen molar-refractivity contribution in [2.24, 2.45) is 5.73 Å². The number of nitrogens with two attached hydrogens (primary N) is 1. The van der Waals surface area contributed by atoms with Crippen LogP contribution in [-0.4, -0.2) is 23.6 Å². The minimum absolute atomic E-state index is 0.172. The maximum atomic E-state index is 11.2. The molecule has 0 unspecified atom stereocenters. The van der Waals surface area contributed by atoms with Gasteiger partial charge in [-0.1, -0.05) is 0 Å². The van der Waals surface area contributed by atoms with Gasteiger partial charge in [-0.2, -0.15) is 5.26 Å². The molecule has 0 aromatic heterocycles. The topological polar surface area (TPSA) is 105 Å². The first-order chi connectivity index (χ1) is 6.76. The highest BCUT2D eigenvalue weighted by atomic mass is 16.6. The van der Waals surface area contributed by atoms with E-state index in [1.807, 2.05) is 0 Å². The molecular formula is C9H15N3O3. The summed E-state index contributed by atoms with van der Waals surface area (Å²) in [6, 6.07) is 0.737. The molecule has 0 fully saturated rings. The van der Waals surface area contributed by atoms with Crippen LogP contribution in [0.2, 0.25) is 0 Å². The molecule has 2 amide bonds. The molecule has 0 bridgehead atoms. The van der Waals surface area contributed by atoms with Gasteiger partial charge < -0.3 is 15.8 Å². The van der Waals surface area contributed by atoms with Gasteiger partial charge in [0, 0.05) is 0 Å². The van der Waals surface area contributed by atoms with Gasteiger partial charge in [0.05, 0.1) is 12.5 Å². The average Bonchev–Trinajstić information content (AvgIpc) is 1.99. The Labute approximate surface area is 88.4 Å². The number of primary amides is 1.